The van der Waals surface area contributed by atoms with E-state index in [1.807, 2.05) is 37.3 Å². The van der Waals surface area contributed by atoms with Crippen LogP contribution >= 0.6 is 11.6 Å². The average molecular weight is 308 g/mol. The van der Waals surface area contributed by atoms with Gasteiger partial charge in [-0.3, -0.25) is 4.79 Å². The van der Waals surface area contributed by atoms with E-state index in [9.17, 15) is 9.90 Å². The second-order valence-corrected chi connectivity index (χ2v) is 5.20. The first kappa shape index (κ1) is 15.5. The highest BCUT2D eigenvalue weighted by molar-refractivity contribution is 6.32. The van der Waals surface area contributed by atoms with Crippen LogP contribution in [0.25, 0.3) is 0 Å². The van der Waals surface area contributed by atoms with Gasteiger partial charge in [0, 0.05) is 0 Å². The van der Waals surface area contributed by atoms with Gasteiger partial charge in [0.2, 0.25) is 0 Å². The number of aromatic amines is 1. The summed E-state index contributed by atoms with van der Waals surface area (Å²) in [7, 11) is 0. The number of rotatable bonds is 6. The number of benzene rings is 1. The van der Waals surface area contributed by atoms with Gasteiger partial charge in [0.1, 0.15) is 5.02 Å². The number of anilines is 1. The van der Waals surface area contributed by atoms with Crippen molar-refractivity contribution in [3.63, 3.8) is 0 Å². The maximum Gasteiger partial charge on any atom is 0.285 e. The van der Waals surface area contributed by atoms with E-state index < -0.39 is 11.7 Å². The van der Waals surface area contributed by atoms with Crippen LogP contribution in [-0.2, 0) is 0 Å². The largest absolute Gasteiger partial charge is 0.386 e. The lowest BCUT2D eigenvalue weighted by atomic mass is 9.98. The molecule has 2 atom stereocenters. The Morgan fingerprint density at radius 3 is 2.76 bits per heavy atom. The fourth-order valence-corrected chi connectivity index (χ4v) is 2.33. The van der Waals surface area contributed by atoms with Gasteiger partial charge in [-0.05, 0) is 12.0 Å². The molecule has 0 fully saturated rings. The second-order valence-electron chi connectivity index (χ2n) is 4.82. The molecule has 112 valence electrons. The quantitative estimate of drug-likeness (QED) is 0.767. The van der Waals surface area contributed by atoms with E-state index in [4.69, 9.17) is 11.6 Å². The zero-order valence-electron chi connectivity index (χ0n) is 11.7. The Kier molecular flexibility index (Phi) is 5.36. The molecule has 6 heteroatoms. The molecule has 2 rings (SSSR count). The van der Waals surface area contributed by atoms with Crippen LogP contribution in [0, 0.1) is 0 Å². The minimum Gasteiger partial charge on any atom is -0.386 e. The topological polar surface area (TPSA) is 78.0 Å². The number of halogens is 1. The summed E-state index contributed by atoms with van der Waals surface area (Å²) in [6.07, 6.45) is 2.38. The van der Waals surface area contributed by atoms with Crippen molar-refractivity contribution < 1.29 is 5.11 Å². The van der Waals surface area contributed by atoms with Crippen molar-refractivity contribution in [2.75, 3.05) is 5.32 Å². The summed E-state index contributed by atoms with van der Waals surface area (Å²) in [6.45, 7) is 2.03. The number of aliphatic hydroxyl groups excluding tert-OH is 1. The van der Waals surface area contributed by atoms with Crippen molar-refractivity contribution in [1.82, 2.24) is 10.2 Å². The number of aliphatic hydroxyl groups is 1. The Labute approximate surface area is 128 Å². The molecule has 21 heavy (non-hydrogen) atoms. The first-order chi connectivity index (χ1) is 10.1. The van der Waals surface area contributed by atoms with E-state index in [0.29, 0.717) is 5.69 Å². The maximum absolute atomic E-state index is 11.5. The van der Waals surface area contributed by atoms with Crippen molar-refractivity contribution in [2.45, 2.75) is 31.9 Å². The van der Waals surface area contributed by atoms with Gasteiger partial charge in [-0.2, -0.15) is 5.10 Å². The zero-order valence-corrected chi connectivity index (χ0v) is 12.5. The predicted octanol–water partition coefficient (Wildman–Crippen LogP) is 2.74. The molecule has 0 aliphatic heterocycles. The van der Waals surface area contributed by atoms with Gasteiger partial charge < -0.3 is 10.4 Å². The minimum atomic E-state index is -0.693. The molecule has 5 nitrogen and oxygen atoms in total. The Hall–Kier alpha value is -1.85. The highest BCUT2D eigenvalue weighted by Gasteiger charge is 2.21. The van der Waals surface area contributed by atoms with E-state index in [-0.39, 0.29) is 11.1 Å². The van der Waals surface area contributed by atoms with Gasteiger partial charge in [0.25, 0.3) is 5.56 Å². The monoisotopic (exact) mass is 307 g/mol. The molecular formula is C15H18ClN3O2. The molecule has 3 N–H and O–H groups in total. The fraction of sp³-hybridized carbons (Fsp3) is 0.333. The third kappa shape index (κ3) is 3.83. The molecule has 0 unspecified atom stereocenters. The van der Waals surface area contributed by atoms with Gasteiger partial charge in [-0.25, -0.2) is 5.10 Å². The first-order valence-corrected chi connectivity index (χ1v) is 7.24. The van der Waals surface area contributed by atoms with Crippen molar-refractivity contribution >= 4 is 17.3 Å². The van der Waals surface area contributed by atoms with E-state index >= 15 is 0 Å². The van der Waals surface area contributed by atoms with Gasteiger partial charge >= 0.3 is 0 Å². The third-order valence-corrected chi connectivity index (χ3v) is 3.63. The lowest BCUT2D eigenvalue weighted by Gasteiger charge is -2.25. The fourth-order valence-electron chi connectivity index (χ4n) is 2.19. The lowest BCUT2D eigenvalue weighted by Crippen LogP contribution is -2.28. The van der Waals surface area contributed by atoms with Crippen molar-refractivity contribution in [3.05, 3.63) is 57.5 Å². The van der Waals surface area contributed by atoms with Crippen molar-refractivity contribution in [2.24, 2.45) is 0 Å². The molecule has 0 bridgehead atoms. The molecule has 1 aromatic heterocycles. The molecule has 0 aliphatic rings. The summed E-state index contributed by atoms with van der Waals surface area (Å²) >= 11 is 5.96. The van der Waals surface area contributed by atoms with E-state index in [1.54, 1.807) is 0 Å². The zero-order chi connectivity index (χ0) is 15.2. The maximum atomic E-state index is 11.5. The van der Waals surface area contributed by atoms with Crippen LogP contribution in [0.5, 0.6) is 0 Å². The lowest BCUT2D eigenvalue weighted by molar-refractivity contribution is 0.150. The Bertz CT molecular complexity index is 630. The summed E-state index contributed by atoms with van der Waals surface area (Å²) in [5, 5.41) is 19.7. The number of hydrogen-bond donors (Lipinski definition) is 3. The molecule has 0 amide bonds. The average Bonchev–Trinajstić information content (AvgIpc) is 2.51. The number of aromatic nitrogens is 2. The summed E-state index contributed by atoms with van der Waals surface area (Å²) < 4.78 is 0. The van der Waals surface area contributed by atoms with Crippen LogP contribution in [0.15, 0.2) is 41.3 Å². The SMILES string of the molecule is CCC[C@@H](Nc1cn[nH]c(=O)c1Cl)[C@@H](O)c1ccccc1. The molecular weight excluding hydrogens is 290 g/mol. The molecule has 0 saturated heterocycles. The van der Waals surface area contributed by atoms with Gasteiger partial charge in [-0.15, -0.1) is 0 Å². The molecule has 0 aliphatic carbocycles. The van der Waals surface area contributed by atoms with Crippen molar-refractivity contribution in [1.29, 1.82) is 0 Å². The second kappa shape index (κ2) is 7.24. The van der Waals surface area contributed by atoms with Gasteiger partial charge in [0.05, 0.1) is 24.0 Å². The highest BCUT2D eigenvalue weighted by atomic mass is 35.5. The summed E-state index contributed by atoms with van der Waals surface area (Å²) in [5.74, 6) is 0. The normalized spacial score (nSPS) is 13.7. The number of nitrogens with zero attached hydrogens (tertiary/aromatic N) is 1. The summed E-state index contributed by atoms with van der Waals surface area (Å²) in [4.78, 5) is 11.5. The molecule has 2 aromatic rings. The Morgan fingerprint density at radius 2 is 2.10 bits per heavy atom. The van der Waals surface area contributed by atoms with E-state index in [2.05, 4.69) is 15.5 Å². The standard InChI is InChI=1S/C15H18ClN3O2/c1-2-6-11(14(20)10-7-4-3-5-8-10)18-12-9-17-19-15(21)13(12)16/h3-5,7-9,11,14,20H,2,6H2,1H3,(H2,18,19,21)/t11-,14+/m1/s1. The van der Waals surface area contributed by atoms with Gasteiger partial charge in [-0.1, -0.05) is 55.3 Å². The first-order valence-electron chi connectivity index (χ1n) is 6.86. The van der Waals surface area contributed by atoms with Gasteiger partial charge in [0.15, 0.2) is 0 Å². The Balaban J connectivity index is 2.23. The molecule has 0 radical (unpaired) electrons. The Morgan fingerprint density at radius 1 is 1.38 bits per heavy atom. The van der Waals surface area contributed by atoms with Crippen molar-refractivity contribution in [3.8, 4) is 0 Å². The summed E-state index contributed by atoms with van der Waals surface area (Å²) in [5.41, 5.74) is 0.789. The number of hydrogen-bond acceptors (Lipinski definition) is 4. The summed E-state index contributed by atoms with van der Waals surface area (Å²) in [6, 6.07) is 9.14. The molecule has 1 heterocycles. The minimum absolute atomic E-state index is 0.0476. The highest BCUT2D eigenvalue weighted by Crippen LogP contribution is 2.25. The van der Waals surface area contributed by atoms with E-state index in [0.717, 1.165) is 18.4 Å². The van der Waals surface area contributed by atoms with Crippen LogP contribution in [0.4, 0.5) is 5.69 Å². The van der Waals surface area contributed by atoms with E-state index in [1.165, 1.54) is 6.20 Å². The smallest absolute Gasteiger partial charge is 0.285 e. The predicted molar refractivity (Wildman–Crippen MR) is 83.6 cm³/mol. The molecule has 1 aromatic carbocycles. The van der Waals surface area contributed by atoms with Crippen LogP contribution in [-0.4, -0.2) is 21.3 Å². The van der Waals surface area contributed by atoms with Crippen LogP contribution < -0.4 is 10.9 Å². The van der Waals surface area contributed by atoms with Crippen LogP contribution in [0.3, 0.4) is 0 Å². The molecule has 0 spiro atoms. The number of nitrogens with one attached hydrogen (secondary N) is 2. The van der Waals surface area contributed by atoms with Crippen LogP contribution in [0.2, 0.25) is 5.02 Å². The van der Waals surface area contributed by atoms with Crippen LogP contribution in [0.1, 0.15) is 31.4 Å². The third-order valence-electron chi connectivity index (χ3n) is 3.26. The molecule has 0 saturated carbocycles. The number of H-pyrrole nitrogens is 1.